The van der Waals surface area contributed by atoms with Crippen molar-refractivity contribution in [3.8, 4) is 0 Å². The molecule has 2 rings (SSSR count). The first-order valence-electron chi connectivity index (χ1n) is 10.6. The van der Waals surface area contributed by atoms with Crippen molar-refractivity contribution in [1.82, 2.24) is 20.9 Å². The first-order valence-corrected chi connectivity index (χ1v) is 10.6. The normalized spacial score (nSPS) is 11.3. The molecular weight excluding hydrogens is 392 g/mol. The van der Waals surface area contributed by atoms with Crippen LogP contribution < -0.4 is 16.0 Å². The minimum Gasteiger partial charge on any atom is -0.350 e. The summed E-state index contributed by atoms with van der Waals surface area (Å²) in [5.41, 5.74) is 2.06. The van der Waals surface area contributed by atoms with Crippen LogP contribution in [0.4, 0.5) is 4.79 Å². The molecule has 0 spiro atoms. The molecule has 0 heterocycles. The van der Waals surface area contributed by atoms with Gasteiger partial charge in [0.1, 0.15) is 6.04 Å². The molecule has 2 aromatic rings. The second-order valence-corrected chi connectivity index (χ2v) is 7.41. The third-order valence-corrected chi connectivity index (χ3v) is 4.89. The number of carbonyl (C=O) groups is 3. The standard InChI is InChI=1S/C24H32N4O3/c1-19(29)27-22(23(30)26-17-20-11-5-3-6-12-20)15-9-10-16-28(24(31)25-2)18-21-13-7-4-8-14-21/h3-8,11-14,22H,9-10,15-18H2,1-2H3,(H,25,31)(H,26,30)(H,27,29)/t22-/m0/s1. The van der Waals surface area contributed by atoms with Crippen molar-refractivity contribution in [1.29, 1.82) is 0 Å². The van der Waals surface area contributed by atoms with Crippen molar-refractivity contribution < 1.29 is 14.4 Å². The van der Waals surface area contributed by atoms with Crippen LogP contribution in [0.1, 0.15) is 37.3 Å². The quantitative estimate of drug-likeness (QED) is 0.485. The third kappa shape index (κ3) is 8.90. The van der Waals surface area contributed by atoms with Crippen molar-refractivity contribution in [3.63, 3.8) is 0 Å². The van der Waals surface area contributed by atoms with E-state index in [0.29, 0.717) is 32.5 Å². The number of urea groups is 1. The molecule has 0 aliphatic rings. The Morgan fingerprint density at radius 2 is 1.52 bits per heavy atom. The van der Waals surface area contributed by atoms with E-state index in [1.54, 1.807) is 11.9 Å². The lowest BCUT2D eigenvalue weighted by Gasteiger charge is -2.23. The fourth-order valence-corrected chi connectivity index (χ4v) is 3.29. The summed E-state index contributed by atoms with van der Waals surface area (Å²) in [4.78, 5) is 38.1. The summed E-state index contributed by atoms with van der Waals surface area (Å²) in [6, 6.07) is 18.7. The fraction of sp³-hybridized carbons (Fsp3) is 0.375. The first-order chi connectivity index (χ1) is 15.0. The SMILES string of the molecule is CNC(=O)N(CCCC[C@H](NC(C)=O)C(=O)NCc1ccccc1)Cc1ccccc1. The average molecular weight is 425 g/mol. The van der Waals surface area contributed by atoms with Gasteiger partial charge in [-0.05, 0) is 30.4 Å². The van der Waals surface area contributed by atoms with E-state index >= 15 is 0 Å². The van der Waals surface area contributed by atoms with Crippen molar-refractivity contribution in [2.75, 3.05) is 13.6 Å². The van der Waals surface area contributed by atoms with Gasteiger partial charge in [0.25, 0.3) is 0 Å². The van der Waals surface area contributed by atoms with Gasteiger partial charge in [-0.2, -0.15) is 0 Å². The summed E-state index contributed by atoms with van der Waals surface area (Å²) in [6.45, 7) is 2.90. The lowest BCUT2D eigenvalue weighted by molar-refractivity contribution is -0.128. The van der Waals surface area contributed by atoms with Gasteiger partial charge in [0.05, 0.1) is 0 Å². The molecular formula is C24H32N4O3. The zero-order valence-corrected chi connectivity index (χ0v) is 18.3. The Morgan fingerprint density at radius 1 is 0.903 bits per heavy atom. The number of nitrogens with zero attached hydrogens (tertiary/aromatic N) is 1. The second kappa shape index (κ2) is 13.1. The molecule has 0 fully saturated rings. The van der Waals surface area contributed by atoms with Gasteiger partial charge in [-0.15, -0.1) is 0 Å². The van der Waals surface area contributed by atoms with Gasteiger partial charge < -0.3 is 20.9 Å². The maximum absolute atomic E-state index is 12.6. The minimum atomic E-state index is -0.594. The summed E-state index contributed by atoms with van der Waals surface area (Å²) < 4.78 is 0. The van der Waals surface area contributed by atoms with Crippen molar-refractivity contribution in [2.45, 2.75) is 45.3 Å². The smallest absolute Gasteiger partial charge is 0.317 e. The molecule has 7 heteroatoms. The zero-order valence-electron chi connectivity index (χ0n) is 18.3. The molecule has 0 aliphatic heterocycles. The number of carbonyl (C=O) groups excluding carboxylic acids is 3. The van der Waals surface area contributed by atoms with E-state index < -0.39 is 6.04 Å². The lowest BCUT2D eigenvalue weighted by atomic mass is 10.1. The molecule has 3 N–H and O–H groups in total. The summed E-state index contributed by atoms with van der Waals surface area (Å²) in [6.07, 6.45) is 1.93. The number of amides is 4. The van der Waals surface area contributed by atoms with Gasteiger partial charge in [-0.3, -0.25) is 9.59 Å². The molecule has 0 saturated heterocycles. The maximum Gasteiger partial charge on any atom is 0.317 e. The average Bonchev–Trinajstić information content (AvgIpc) is 2.79. The highest BCUT2D eigenvalue weighted by molar-refractivity contribution is 5.86. The molecule has 166 valence electrons. The van der Waals surface area contributed by atoms with Crippen LogP contribution >= 0.6 is 0 Å². The van der Waals surface area contributed by atoms with Gasteiger partial charge >= 0.3 is 6.03 Å². The number of hydrogen-bond acceptors (Lipinski definition) is 3. The Kier molecular flexibility index (Phi) is 10.1. The number of nitrogens with one attached hydrogen (secondary N) is 3. The zero-order chi connectivity index (χ0) is 22.5. The largest absolute Gasteiger partial charge is 0.350 e. The molecule has 0 bridgehead atoms. The Morgan fingerprint density at radius 3 is 2.10 bits per heavy atom. The molecule has 1 atom stereocenters. The van der Waals surface area contributed by atoms with E-state index in [1.807, 2.05) is 60.7 Å². The van der Waals surface area contributed by atoms with E-state index in [0.717, 1.165) is 17.5 Å². The van der Waals surface area contributed by atoms with E-state index in [2.05, 4.69) is 16.0 Å². The van der Waals surface area contributed by atoms with Gasteiger partial charge in [0.2, 0.25) is 11.8 Å². The van der Waals surface area contributed by atoms with Crippen molar-refractivity contribution in [2.24, 2.45) is 0 Å². The molecule has 0 radical (unpaired) electrons. The lowest BCUT2D eigenvalue weighted by Crippen LogP contribution is -2.46. The number of unbranched alkanes of at least 4 members (excludes halogenated alkanes) is 1. The van der Waals surface area contributed by atoms with E-state index in [-0.39, 0.29) is 17.8 Å². The fourth-order valence-electron chi connectivity index (χ4n) is 3.29. The molecule has 0 aromatic heterocycles. The van der Waals surface area contributed by atoms with E-state index in [9.17, 15) is 14.4 Å². The van der Waals surface area contributed by atoms with Gasteiger partial charge in [-0.1, -0.05) is 60.7 Å². The summed E-state index contributed by atoms with van der Waals surface area (Å²) in [5.74, 6) is -0.442. The minimum absolute atomic E-state index is 0.136. The predicted octanol–water partition coefficient (Wildman–Crippen LogP) is 2.82. The van der Waals surface area contributed by atoms with Gasteiger partial charge in [0.15, 0.2) is 0 Å². The molecule has 4 amide bonds. The van der Waals surface area contributed by atoms with Crippen LogP contribution in [-0.4, -0.2) is 42.4 Å². The third-order valence-electron chi connectivity index (χ3n) is 4.89. The topological polar surface area (TPSA) is 90.5 Å². The predicted molar refractivity (Wildman–Crippen MR) is 121 cm³/mol. The van der Waals surface area contributed by atoms with Crippen LogP contribution in [0.25, 0.3) is 0 Å². The van der Waals surface area contributed by atoms with Crippen LogP contribution in [0.2, 0.25) is 0 Å². The van der Waals surface area contributed by atoms with Crippen LogP contribution in [0.15, 0.2) is 60.7 Å². The van der Waals surface area contributed by atoms with Crippen molar-refractivity contribution >= 4 is 17.8 Å². The Hall–Kier alpha value is -3.35. The van der Waals surface area contributed by atoms with Crippen molar-refractivity contribution in [3.05, 3.63) is 71.8 Å². The van der Waals surface area contributed by atoms with Gasteiger partial charge in [0, 0.05) is 33.6 Å². The molecule has 0 aliphatic carbocycles. The monoisotopic (exact) mass is 424 g/mol. The maximum atomic E-state index is 12.6. The molecule has 0 saturated carbocycles. The van der Waals surface area contributed by atoms with Gasteiger partial charge in [-0.25, -0.2) is 4.79 Å². The van der Waals surface area contributed by atoms with E-state index in [4.69, 9.17) is 0 Å². The Bertz CT molecular complexity index is 827. The second-order valence-electron chi connectivity index (χ2n) is 7.41. The Balaban J connectivity index is 1.84. The highest BCUT2D eigenvalue weighted by Gasteiger charge is 2.19. The number of rotatable bonds is 11. The number of hydrogen-bond donors (Lipinski definition) is 3. The summed E-state index contributed by atoms with van der Waals surface area (Å²) in [7, 11) is 1.62. The number of benzene rings is 2. The summed E-state index contributed by atoms with van der Waals surface area (Å²) >= 11 is 0. The van der Waals surface area contributed by atoms with Crippen LogP contribution in [-0.2, 0) is 22.7 Å². The van der Waals surface area contributed by atoms with Crippen LogP contribution in [0.3, 0.4) is 0 Å². The first kappa shape index (κ1) is 23.9. The Labute approximate surface area is 184 Å². The highest BCUT2D eigenvalue weighted by Crippen LogP contribution is 2.09. The molecule has 0 unspecified atom stereocenters. The van der Waals surface area contributed by atoms with E-state index in [1.165, 1.54) is 6.92 Å². The van der Waals surface area contributed by atoms with Crippen LogP contribution in [0, 0.1) is 0 Å². The molecule has 31 heavy (non-hydrogen) atoms. The highest BCUT2D eigenvalue weighted by atomic mass is 16.2. The van der Waals surface area contributed by atoms with Crippen LogP contribution in [0.5, 0.6) is 0 Å². The molecule has 7 nitrogen and oxygen atoms in total. The summed E-state index contributed by atoms with van der Waals surface area (Å²) in [5, 5.41) is 8.30. The molecule has 2 aromatic carbocycles.